The SMILES string of the molecule is C[C@H]1C=C2C=C[C@H](C)C(CC[C@@H]3C[C@@H](O)CC(=O)O3)[C@H]2[C@@H](O)C1. The Hall–Kier alpha value is -1.13. The van der Waals surface area contributed by atoms with Gasteiger partial charge in [-0.3, -0.25) is 4.79 Å². The summed E-state index contributed by atoms with van der Waals surface area (Å²) >= 11 is 0. The van der Waals surface area contributed by atoms with Gasteiger partial charge in [-0.15, -0.1) is 0 Å². The molecule has 2 aliphatic carbocycles. The van der Waals surface area contributed by atoms with Gasteiger partial charge in [-0.25, -0.2) is 0 Å². The van der Waals surface area contributed by atoms with Crippen molar-refractivity contribution in [2.45, 2.75) is 64.3 Å². The number of ether oxygens (including phenoxy) is 1. The molecule has 3 rings (SSSR count). The summed E-state index contributed by atoms with van der Waals surface area (Å²) in [7, 11) is 0. The van der Waals surface area contributed by atoms with Crippen LogP contribution in [0.1, 0.15) is 46.0 Å². The smallest absolute Gasteiger partial charge is 0.308 e. The van der Waals surface area contributed by atoms with Crippen molar-refractivity contribution in [3.8, 4) is 0 Å². The van der Waals surface area contributed by atoms with Gasteiger partial charge in [0.1, 0.15) is 6.10 Å². The third kappa shape index (κ3) is 3.69. The van der Waals surface area contributed by atoms with Crippen LogP contribution in [0.2, 0.25) is 0 Å². The van der Waals surface area contributed by atoms with Crippen LogP contribution in [0.15, 0.2) is 23.8 Å². The third-order valence-corrected chi connectivity index (χ3v) is 5.68. The number of allylic oxidation sites excluding steroid dienone is 3. The summed E-state index contributed by atoms with van der Waals surface area (Å²) in [6.45, 7) is 4.35. The highest BCUT2D eigenvalue weighted by atomic mass is 16.5. The molecule has 1 fully saturated rings. The molecule has 1 aliphatic heterocycles. The lowest BCUT2D eigenvalue weighted by Crippen LogP contribution is -2.39. The molecule has 0 amide bonds. The molecule has 4 nitrogen and oxygen atoms in total. The average Bonchev–Trinajstić information content (AvgIpc) is 2.45. The van der Waals surface area contributed by atoms with Gasteiger partial charge in [0, 0.05) is 12.3 Å². The minimum absolute atomic E-state index is 0.116. The molecule has 0 saturated carbocycles. The van der Waals surface area contributed by atoms with Gasteiger partial charge in [-0.05, 0) is 42.6 Å². The summed E-state index contributed by atoms with van der Waals surface area (Å²) in [5.41, 5.74) is 1.26. The van der Waals surface area contributed by atoms with Crippen molar-refractivity contribution in [3.63, 3.8) is 0 Å². The highest BCUT2D eigenvalue weighted by Crippen LogP contribution is 2.43. The molecule has 0 aromatic carbocycles. The van der Waals surface area contributed by atoms with E-state index in [1.807, 2.05) is 0 Å². The molecule has 3 aliphatic rings. The first-order chi connectivity index (χ1) is 10.9. The monoisotopic (exact) mass is 320 g/mol. The van der Waals surface area contributed by atoms with E-state index in [2.05, 4.69) is 32.1 Å². The lowest BCUT2D eigenvalue weighted by atomic mass is 9.65. The van der Waals surface area contributed by atoms with Crippen molar-refractivity contribution in [2.24, 2.45) is 23.7 Å². The third-order valence-electron chi connectivity index (χ3n) is 5.68. The van der Waals surface area contributed by atoms with Crippen LogP contribution < -0.4 is 0 Å². The highest BCUT2D eigenvalue weighted by Gasteiger charge is 2.39. The lowest BCUT2D eigenvalue weighted by molar-refractivity contribution is -0.160. The van der Waals surface area contributed by atoms with E-state index in [-0.39, 0.29) is 30.5 Å². The van der Waals surface area contributed by atoms with Crippen molar-refractivity contribution in [3.05, 3.63) is 23.8 Å². The quantitative estimate of drug-likeness (QED) is 0.785. The Bertz CT molecular complexity index is 509. The molecule has 0 aromatic heterocycles. The number of carbonyl (C=O) groups is 1. The van der Waals surface area contributed by atoms with E-state index in [0.717, 1.165) is 19.3 Å². The lowest BCUT2D eigenvalue weighted by Gasteiger charge is -2.42. The van der Waals surface area contributed by atoms with Crippen LogP contribution in [-0.4, -0.2) is 34.5 Å². The molecule has 128 valence electrons. The van der Waals surface area contributed by atoms with E-state index in [1.54, 1.807) is 0 Å². The van der Waals surface area contributed by atoms with Gasteiger partial charge in [0.2, 0.25) is 0 Å². The molecule has 7 atom stereocenters. The van der Waals surface area contributed by atoms with Crippen LogP contribution in [0.4, 0.5) is 0 Å². The molecule has 1 heterocycles. The molecular weight excluding hydrogens is 292 g/mol. The fourth-order valence-corrected chi connectivity index (χ4v) is 4.55. The van der Waals surface area contributed by atoms with Gasteiger partial charge in [-0.1, -0.05) is 32.1 Å². The predicted octanol–water partition coefficient (Wildman–Crippen LogP) is 2.60. The fourth-order valence-electron chi connectivity index (χ4n) is 4.55. The molecule has 0 aromatic rings. The number of aliphatic hydroxyl groups excluding tert-OH is 2. The van der Waals surface area contributed by atoms with Crippen LogP contribution in [0.5, 0.6) is 0 Å². The highest BCUT2D eigenvalue weighted by molar-refractivity contribution is 5.70. The average molecular weight is 320 g/mol. The Morgan fingerprint density at radius 1 is 1.22 bits per heavy atom. The van der Waals surface area contributed by atoms with Crippen molar-refractivity contribution >= 4 is 5.97 Å². The summed E-state index contributed by atoms with van der Waals surface area (Å²) in [4.78, 5) is 11.5. The number of aliphatic hydroxyl groups is 2. The summed E-state index contributed by atoms with van der Waals surface area (Å²) < 4.78 is 5.37. The second kappa shape index (κ2) is 6.78. The van der Waals surface area contributed by atoms with Crippen molar-refractivity contribution in [1.29, 1.82) is 0 Å². The first-order valence-corrected chi connectivity index (χ1v) is 8.89. The van der Waals surface area contributed by atoms with E-state index >= 15 is 0 Å². The standard InChI is InChI=1S/C19H28O4/c1-11-7-13-4-3-12(2)16(19(13)17(21)8-11)6-5-15-9-14(20)10-18(22)23-15/h3-4,7,11-12,14-17,19-21H,5-6,8-10H2,1-2H3/t11-,12-,14+,15+,16?,17-,19-/m0/s1. The predicted molar refractivity (Wildman–Crippen MR) is 87.5 cm³/mol. The van der Waals surface area contributed by atoms with Gasteiger partial charge in [-0.2, -0.15) is 0 Å². The minimum Gasteiger partial charge on any atom is -0.462 e. The number of rotatable bonds is 3. The molecule has 1 unspecified atom stereocenters. The molecule has 0 radical (unpaired) electrons. The van der Waals surface area contributed by atoms with E-state index in [9.17, 15) is 15.0 Å². The van der Waals surface area contributed by atoms with Gasteiger partial charge >= 0.3 is 5.97 Å². The molecular formula is C19H28O4. The van der Waals surface area contributed by atoms with Crippen LogP contribution in [-0.2, 0) is 9.53 Å². The molecule has 4 heteroatoms. The molecule has 0 bridgehead atoms. The van der Waals surface area contributed by atoms with Gasteiger partial charge < -0.3 is 14.9 Å². The van der Waals surface area contributed by atoms with E-state index < -0.39 is 6.10 Å². The zero-order chi connectivity index (χ0) is 16.6. The maximum absolute atomic E-state index is 11.5. The van der Waals surface area contributed by atoms with Crippen molar-refractivity contribution in [2.75, 3.05) is 0 Å². The van der Waals surface area contributed by atoms with Crippen LogP contribution in [0, 0.1) is 23.7 Å². The number of hydrogen-bond acceptors (Lipinski definition) is 4. The molecule has 2 N–H and O–H groups in total. The maximum Gasteiger partial charge on any atom is 0.308 e. The fraction of sp³-hybridized carbons (Fsp3) is 0.737. The minimum atomic E-state index is -0.568. The zero-order valence-electron chi connectivity index (χ0n) is 14.0. The van der Waals surface area contributed by atoms with Gasteiger partial charge in [0.25, 0.3) is 0 Å². The zero-order valence-corrected chi connectivity index (χ0v) is 14.0. The van der Waals surface area contributed by atoms with Crippen molar-refractivity contribution in [1.82, 2.24) is 0 Å². The summed E-state index contributed by atoms with van der Waals surface area (Å²) in [6.07, 6.45) is 8.80. The number of esters is 1. The Balaban J connectivity index is 1.67. The summed E-state index contributed by atoms with van der Waals surface area (Å²) in [5, 5.41) is 20.3. The number of fused-ring (bicyclic) bond motifs is 1. The maximum atomic E-state index is 11.5. The van der Waals surface area contributed by atoms with Gasteiger partial charge in [0.15, 0.2) is 0 Å². The number of carbonyl (C=O) groups excluding carboxylic acids is 1. The first kappa shape index (κ1) is 16.7. The Morgan fingerprint density at radius 2 is 2.00 bits per heavy atom. The van der Waals surface area contributed by atoms with E-state index in [1.165, 1.54) is 5.57 Å². The van der Waals surface area contributed by atoms with E-state index in [0.29, 0.717) is 24.2 Å². The van der Waals surface area contributed by atoms with Crippen LogP contribution in [0.3, 0.4) is 0 Å². The topological polar surface area (TPSA) is 66.8 Å². The Kier molecular flexibility index (Phi) is 4.93. The van der Waals surface area contributed by atoms with Gasteiger partial charge in [0.05, 0.1) is 18.6 Å². The molecule has 1 saturated heterocycles. The van der Waals surface area contributed by atoms with E-state index in [4.69, 9.17) is 4.74 Å². The Morgan fingerprint density at radius 3 is 2.74 bits per heavy atom. The normalized spacial score (nSPS) is 43.6. The number of cyclic esters (lactones) is 1. The first-order valence-electron chi connectivity index (χ1n) is 8.89. The molecule has 23 heavy (non-hydrogen) atoms. The second-order valence-electron chi connectivity index (χ2n) is 7.64. The second-order valence-corrected chi connectivity index (χ2v) is 7.64. The van der Waals surface area contributed by atoms with Crippen molar-refractivity contribution < 1.29 is 19.7 Å². The van der Waals surface area contributed by atoms with Crippen LogP contribution in [0.25, 0.3) is 0 Å². The number of hydrogen-bond donors (Lipinski definition) is 2. The van der Waals surface area contributed by atoms with Crippen LogP contribution >= 0.6 is 0 Å². The Labute approximate surface area is 138 Å². The largest absolute Gasteiger partial charge is 0.462 e. The molecule has 0 spiro atoms. The summed E-state index contributed by atoms with van der Waals surface area (Å²) in [5.74, 6) is 1.09. The summed E-state index contributed by atoms with van der Waals surface area (Å²) in [6, 6.07) is 0.